The molecule has 0 bridgehead atoms. The number of hydrogen-bond donors (Lipinski definition) is 1. The molecule has 1 unspecified atom stereocenters. The molecule has 2 aromatic rings. The van der Waals surface area contributed by atoms with Crippen molar-refractivity contribution in [3.63, 3.8) is 0 Å². The van der Waals surface area contributed by atoms with Gasteiger partial charge in [-0.15, -0.1) is 0 Å². The Kier molecular flexibility index (Phi) is 5.46. The number of benzene rings is 1. The molecule has 1 aliphatic heterocycles. The zero-order valence-electron chi connectivity index (χ0n) is 15.0. The molecule has 2 heterocycles. The maximum Gasteiger partial charge on any atom is 0.223 e. The van der Waals surface area contributed by atoms with E-state index in [2.05, 4.69) is 51.4 Å². The topological polar surface area (TPSA) is 41.1 Å². The van der Waals surface area contributed by atoms with Gasteiger partial charge in [0.05, 0.1) is 0 Å². The Hall–Kier alpha value is -1.94. The van der Waals surface area contributed by atoms with Gasteiger partial charge in [-0.05, 0) is 56.3 Å². The third-order valence-electron chi connectivity index (χ3n) is 4.67. The highest BCUT2D eigenvalue weighted by Crippen LogP contribution is 2.20. The van der Waals surface area contributed by atoms with Crippen LogP contribution in [0.2, 0.25) is 0 Å². The van der Waals surface area contributed by atoms with Gasteiger partial charge in [0, 0.05) is 31.0 Å². The first kappa shape index (κ1) is 16.9. The summed E-state index contributed by atoms with van der Waals surface area (Å²) in [6.45, 7) is 10.6. The van der Waals surface area contributed by atoms with Crippen molar-refractivity contribution in [2.75, 3.05) is 18.4 Å². The summed E-state index contributed by atoms with van der Waals surface area (Å²) in [6.07, 6.45) is 2.68. The molecular formula is C20H28N4. The molecule has 4 nitrogen and oxygen atoms in total. The molecule has 128 valence electrons. The van der Waals surface area contributed by atoms with Gasteiger partial charge in [0.15, 0.2) is 0 Å². The van der Waals surface area contributed by atoms with Crippen LogP contribution in [0.4, 0.5) is 5.95 Å². The molecule has 1 fully saturated rings. The number of aromatic nitrogens is 2. The van der Waals surface area contributed by atoms with E-state index in [1.54, 1.807) is 0 Å². The molecule has 0 radical (unpaired) electrons. The number of hydrogen-bond acceptors (Lipinski definition) is 4. The minimum absolute atomic E-state index is 0.717. The van der Waals surface area contributed by atoms with Crippen molar-refractivity contribution in [2.45, 2.75) is 46.7 Å². The van der Waals surface area contributed by atoms with Crippen LogP contribution in [0.15, 0.2) is 30.3 Å². The molecule has 1 atom stereocenters. The largest absolute Gasteiger partial charge is 0.350 e. The Morgan fingerprint density at radius 2 is 1.83 bits per heavy atom. The third-order valence-corrected chi connectivity index (χ3v) is 4.67. The van der Waals surface area contributed by atoms with Crippen molar-refractivity contribution in [1.29, 1.82) is 0 Å². The van der Waals surface area contributed by atoms with Crippen LogP contribution >= 0.6 is 0 Å². The first-order valence-corrected chi connectivity index (χ1v) is 8.95. The second-order valence-electron chi connectivity index (χ2n) is 7.08. The quantitative estimate of drug-likeness (QED) is 0.904. The van der Waals surface area contributed by atoms with E-state index in [0.29, 0.717) is 5.95 Å². The van der Waals surface area contributed by atoms with Gasteiger partial charge in [0.25, 0.3) is 0 Å². The van der Waals surface area contributed by atoms with E-state index in [-0.39, 0.29) is 0 Å². The molecule has 0 aliphatic carbocycles. The number of piperidine rings is 1. The Morgan fingerprint density at radius 3 is 2.54 bits per heavy atom. The highest BCUT2D eigenvalue weighted by molar-refractivity contribution is 5.33. The van der Waals surface area contributed by atoms with Crippen LogP contribution in [0.25, 0.3) is 0 Å². The number of aryl methyl sites for hydroxylation is 2. The van der Waals surface area contributed by atoms with Gasteiger partial charge in [-0.3, -0.25) is 4.90 Å². The van der Waals surface area contributed by atoms with Gasteiger partial charge in [0.1, 0.15) is 0 Å². The number of likely N-dealkylation sites (tertiary alicyclic amines) is 1. The number of nitrogens with zero attached hydrogens (tertiary/aromatic N) is 3. The smallest absolute Gasteiger partial charge is 0.223 e. The fraction of sp³-hybridized carbons (Fsp3) is 0.500. The van der Waals surface area contributed by atoms with Gasteiger partial charge in [0.2, 0.25) is 5.95 Å². The predicted molar refractivity (Wildman–Crippen MR) is 98.9 cm³/mol. The minimum Gasteiger partial charge on any atom is -0.350 e. The Balaban J connectivity index is 1.67. The SMILES string of the molecule is Cc1cc(C)nc(NCc2ccccc2CN2CCCC(C)C2)n1. The molecular weight excluding hydrogens is 296 g/mol. The lowest BCUT2D eigenvalue weighted by molar-refractivity contribution is 0.176. The van der Waals surface area contributed by atoms with Crippen molar-refractivity contribution in [3.8, 4) is 0 Å². The fourth-order valence-corrected chi connectivity index (χ4v) is 3.53. The van der Waals surface area contributed by atoms with Gasteiger partial charge >= 0.3 is 0 Å². The lowest BCUT2D eigenvalue weighted by Crippen LogP contribution is -2.34. The molecule has 1 saturated heterocycles. The Morgan fingerprint density at radius 1 is 1.12 bits per heavy atom. The van der Waals surface area contributed by atoms with Gasteiger partial charge in [-0.25, -0.2) is 9.97 Å². The van der Waals surface area contributed by atoms with Crippen molar-refractivity contribution < 1.29 is 0 Å². The van der Waals surface area contributed by atoms with E-state index in [9.17, 15) is 0 Å². The average Bonchev–Trinajstić information content (AvgIpc) is 2.53. The lowest BCUT2D eigenvalue weighted by Gasteiger charge is -2.31. The normalized spacial score (nSPS) is 18.5. The van der Waals surface area contributed by atoms with Crippen LogP contribution in [0.5, 0.6) is 0 Å². The van der Waals surface area contributed by atoms with Crippen LogP contribution in [-0.2, 0) is 13.1 Å². The van der Waals surface area contributed by atoms with Crippen LogP contribution in [0, 0.1) is 19.8 Å². The summed E-state index contributed by atoms with van der Waals surface area (Å²) in [5.74, 6) is 1.53. The van der Waals surface area contributed by atoms with Crippen molar-refractivity contribution in [1.82, 2.24) is 14.9 Å². The van der Waals surface area contributed by atoms with Crippen molar-refractivity contribution >= 4 is 5.95 Å². The highest BCUT2D eigenvalue weighted by Gasteiger charge is 2.17. The molecule has 4 heteroatoms. The van der Waals surface area contributed by atoms with Crippen molar-refractivity contribution in [2.24, 2.45) is 5.92 Å². The fourth-order valence-electron chi connectivity index (χ4n) is 3.53. The van der Waals surface area contributed by atoms with E-state index in [1.807, 2.05) is 19.9 Å². The summed E-state index contributed by atoms with van der Waals surface area (Å²) in [4.78, 5) is 11.5. The minimum atomic E-state index is 0.717. The Labute approximate surface area is 145 Å². The molecule has 1 N–H and O–H groups in total. The first-order chi connectivity index (χ1) is 11.6. The maximum absolute atomic E-state index is 4.47. The molecule has 1 aromatic heterocycles. The first-order valence-electron chi connectivity index (χ1n) is 8.95. The summed E-state index contributed by atoms with van der Waals surface area (Å²) < 4.78 is 0. The monoisotopic (exact) mass is 324 g/mol. The van der Waals surface area contributed by atoms with E-state index in [1.165, 1.54) is 37.1 Å². The maximum atomic E-state index is 4.47. The van der Waals surface area contributed by atoms with E-state index in [0.717, 1.165) is 30.4 Å². The molecule has 1 aliphatic rings. The number of anilines is 1. The summed E-state index contributed by atoms with van der Waals surface area (Å²) in [5.41, 5.74) is 4.74. The molecule has 0 amide bonds. The molecule has 0 spiro atoms. The second kappa shape index (κ2) is 7.75. The second-order valence-corrected chi connectivity index (χ2v) is 7.08. The van der Waals surface area contributed by atoms with Crippen LogP contribution in [0.1, 0.15) is 42.3 Å². The van der Waals surface area contributed by atoms with Crippen LogP contribution in [-0.4, -0.2) is 28.0 Å². The Bertz CT molecular complexity index is 663. The standard InChI is InChI=1S/C20H28N4/c1-15-7-6-10-24(13-15)14-19-9-5-4-8-18(19)12-21-20-22-16(2)11-17(3)23-20/h4-5,8-9,11,15H,6-7,10,12-14H2,1-3H3,(H,21,22,23). The molecule has 1 aromatic carbocycles. The average molecular weight is 324 g/mol. The molecule has 24 heavy (non-hydrogen) atoms. The molecule has 0 saturated carbocycles. The van der Waals surface area contributed by atoms with E-state index < -0.39 is 0 Å². The number of nitrogens with one attached hydrogen (secondary N) is 1. The zero-order chi connectivity index (χ0) is 16.9. The van der Waals surface area contributed by atoms with Crippen molar-refractivity contribution in [3.05, 3.63) is 52.8 Å². The van der Waals surface area contributed by atoms with Gasteiger partial charge < -0.3 is 5.32 Å². The predicted octanol–water partition coefficient (Wildman–Crippen LogP) is 3.94. The summed E-state index contributed by atoms with van der Waals surface area (Å²) in [6, 6.07) is 10.7. The van der Waals surface area contributed by atoms with Crippen LogP contribution in [0.3, 0.4) is 0 Å². The van der Waals surface area contributed by atoms with Gasteiger partial charge in [-0.1, -0.05) is 31.2 Å². The van der Waals surface area contributed by atoms with Crippen LogP contribution < -0.4 is 5.32 Å². The van der Waals surface area contributed by atoms with Gasteiger partial charge in [-0.2, -0.15) is 0 Å². The summed E-state index contributed by atoms with van der Waals surface area (Å²) >= 11 is 0. The number of rotatable bonds is 5. The van der Waals surface area contributed by atoms with E-state index >= 15 is 0 Å². The lowest BCUT2D eigenvalue weighted by atomic mass is 9.99. The molecule has 3 rings (SSSR count). The summed E-state index contributed by atoms with van der Waals surface area (Å²) in [7, 11) is 0. The highest BCUT2D eigenvalue weighted by atomic mass is 15.1. The van der Waals surface area contributed by atoms with E-state index in [4.69, 9.17) is 0 Å². The summed E-state index contributed by atoms with van der Waals surface area (Å²) in [5, 5.41) is 3.39. The zero-order valence-corrected chi connectivity index (χ0v) is 15.0. The third kappa shape index (κ3) is 4.54.